The van der Waals surface area contributed by atoms with Crippen LogP contribution in [0.1, 0.15) is 22.7 Å². The molecule has 6 nitrogen and oxygen atoms in total. The number of likely N-dealkylation sites (tertiary alicyclic amines) is 1. The molecule has 156 valence electrons. The Kier molecular flexibility index (Phi) is 5.86. The number of hydrogen-bond donors (Lipinski definition) is 1. The average molecular weight is 479 g/mol. The lowest BCUT2D eigenvalue weighted by atomic mass is 9.95. The van der Waals surface area contributed by atoms with Crippen molar-refractivity contribution >= 4 is 33.4 Å². The van der Waals surface area contributed by atoms with Gasteiger partial charge in [0.2, 0.25) is 0 Å². The van der Waals surface area contributed by atoms with E-state index >= 15 is 0 Å². The van der Waals surface area contributed by atoms with Gasteiger partial charge in [-0.15, -0.1) is 0 Å². The lowest BCUT2D eigenvalue weighted by molar-refractivity contribution is -0.140. The summed E-state index contributed by atoms with van der Waals surface area (Å²) in [5, 5.41) is 11.1. The van der Waals surface area contributed by atoms with Gasteiger partial charge in [-0.25, -0.2) is 0 Å². The number of aliphatic hydroxyl groups excluding tert-OH is 1. The van der Waals surface area contributed by atoms with Crippen molar-refractivity contribution in [1.82, 2.24) is 9.88 Å². The number of ether oxygens (including phenoxy) is 1. The van der Waals surface area contributed by atoms with Crippen molar-refractivity contribution in [2.24, 2.45) is 0 Å². The zero-order chi connectivity index (χ0) is 22.0. The second-order valence-corrected chi connectivity index (χ2v) is 7.99. The van der Waals surface area contributed by atoms with E-state index in [0.29, 0.717) is 11.3 Å². The average Bonchev–Trinajstić information content (AvgIpc) is 3.05. The molecule has 1 amide bonds. The molecule has 2 aromatic carbocycles. The molecule has 1 aliphatic heterocycles. The Labute approximate surface area is 187 Å². The molecule has 1 N–H and O–H groups in total. The van der Waals surface area contributed by atoms with Crippen molar-refractivity contribution < 1.29 is 19.4 Å². The van der Waals surface area contributed by atoms with Crippen LogP contribution in [-0.2, 0) is 16.1 Å². The van der Waals surface area contributed by atoms with Crippen molar-refractivity contribution in [3.05, 3.63) is 99.8 Å². The highest BCUT2D eigenvalue weighted by Gasteiger charge is 2.46. The van der Waals surface area contributed by atoms with Crippen LogP contribution in [0.3, 0.4) is 0 Å². The Morgan fingerprint density at radius 2 is 1.90 bits per heavy atom. The number of benzene rings is 2. The quantitative estimate of drug-likeness (QED) is 0.332. The van der Waals surface area contributed by atoms with E-state index in [-0.39, 0.29) is 17.9 Å². The molecular formula is C24H19BrN2O4. The van der Waals surface area contributed by atoms with Gasteiger partial charge >= 0.3 is 0 Å². The van der Waals surface area contributed by atoms with Crippen molar-refractivity contribution in [3.63, 3.8) is 0 Å². The second-order valence-electron chi connectivity index (χ2n) is 7.07. The standard InChI is InChI=1S/C24H19BrN2O4/c1-31-19-6-2-5-17(12-19)22(28)20-21(16-7-9-18(25)10-8-16)27(24(30)23(20)29)14-15-4-3-11-26-13-15/h2-13,21,28H,14H2,1H3/b22-20+/t21-/m1/s1. The first-order chi connectivity index (χ1) is 15.0. The van der Waals surface area contributed by atoms with E-state index in [4.69, 9.17) is 4.74 Å². The topological polar surface area (TPSA) is 79.7 Å². The molecule has 7 heteroatoms. The summed E-state index contributed by atoms with van der Waals surface area (Å²) in [4.78, 5) is 31.6. The molecule has 0 aliphatic carbocycles. The molecule has 1 fully saturated rings. The third-order valence-electron chi connectivity index (χ3n) is 5.14. The zero-order valence-electron chi connectivity index (χ0n) is 16.7. The van der Waals surface area contributed by atoms with E-state index in [0.717, 1.165) is 15.6 Å². The molecule has 0 spiro atoms. The molecule has 0 bridgehead atoms. The molecule has 0 saturated carbocycles. The van der Waals surface area contributed by atoms with Crippen LogP contribution in [0.5, 0.6) is 5.75 Å². The molecule has 4 rings (SSSR count). The molecule has 0 radical (unpaired) electrons. The van der Waals surface area contributed by atoms with E-state index in [9.17, 15) is 14.7 Å². The molecule has 3 aromatic rings. The van der Waals surface area contributed by atoms with Crippen molar-refractivity contribution in [2.45, 2.75) is 12.6 Å². The summed E-state index contributed by atoms with van der Waals surface area (Å²) in [6.45, 7) is 0.189. The van der Waals surface area contributed by atoms with Gasteiger partial charge in [-0.05, 0) is 41.5 Å². The lowest BCUT2D eigenvalue weighted by Gasteiger charge is -2.25. The van der Waals surface area contributed by atoms with Gasteiger partial charge in [0.1, 0.15) is 11.5 Å². The largest absolute Gasteiger partial charge is 0.507 e. The van der Waals surface area contributed by atoms with Crippen molar-refractivity contribution in [1.29, 1.82) is 0 Å². The molecule has 1 saturated heterocycles. The molecule has 0 unspecified atom stereocenters. The summed E-state index contributed by atoms with van der Waals surface area (Å²) in [7, 11) is 1.52. The van der Waals surface area contributed by atoms with E-state index in [1.165, 1.54) is 12.0 Å². The van der Waals surface area contributed by atoms with Gasteiger partial charge in [0.25, 0.3) is 11.7 Å². The fourth-order valence-corrected chi connectivity index (χ4v) is 3.91. The predicted molar refractivity (Wildman–Crippen MR) is 119 cm³/mol. The van der Waals surface area contributed by atoms with Crippen LogP contribution in [0.2, 0.25) is 0 Å². The Morgan fingerprint density at radius 3 is 2.58 bits per heavy atom. The van der Waals surface area contributed by atoms with Crippen molar-refractivity contribution in [2.75, 3.05) is 7.11 Å². The number of carbonyl (C=O) groups excluding carboxylic acids is 2. The molecule has 1 aliphatic rings. The number of Topliss-reactive ketones (excluding diaryl/α,β-unsaturated/α-hetero) is 1. The first-order valence-corrected chi connectivity index (χ1v) is 10.4. The predicted octanol–water partition coefficient (Wildman–Crippen LogP) is 4.47. The Bertz CT molecular complexity index is 1160. The van der Waals surface area contributed by atoms with E-state index < -0.39 is 17.7 Å². The number of rotatable bonds is 5. The highest BCUT2D eigenvalue weighted by molar-refractivity contribution is 9.10. The number of ketones is 1. The van der Waals surface area contributed by atoms with E-state index in [1.54, 1.807) is 42.7 Å². The third kappa shape index (κ3) is 4.09. The van der Waals surface area contributed by atoms with E-state index in [2.05, 4.69) is 20.9 Å². The fraction of sp³-hybridized carbons (Fsp3) is 0.125. The number of hydrogen-bond acceptors (Lipinski definition) is 5. The molecule has 1 atom stereocenters. The highest BCUT2D eigenvalue weighted by atomic mass is 79.9. The second kappa shape index (κ2) is 8.73. The minimum absolute atomic E-state index is 0.0458. The monoisotopic (exact) mass is 478 g/mol. The van der Waals surface area contributed by atoms with Crippen LogP contribution in [-0.4, -0.2) is 33.8 Å². The van der Waals surface area contributed by atoms with Gasteiger partial charge in [0, 0.05) is 29.0 Å². The van der Waals surface area contributed by atoms with E-state index in [1.807, 2.05) is 30.3 Å². The molecular weight excluding hydrogens is 460 g/mol. The van der Waals surface area contributed by atoms with Gasteiger partial charge in [0.15, 0.2) is 0 Å². The number of carbonyl (C=O) groups is 2. The number of amides is 1. The third-order valence-corrected chi connectivity index (χ3v) is 5.67. The maximum absolute atomic E-state index is 13.1. The summed E-state index contributed by atoms with van der Waals surface area (Å²) in [6, 6.07) is 17.0. The SMILES string of the molecule is COc1cccc(/C(O)=C2\C(=O)C(=O)N(Cc3cccnc3)[C@@H]2c2ccc(Br)cc2)c1. The van der Waals surface area contributed by atoms with Crippen LogP contribution in [0.4, 0.5) is 0 Å². The van der Waals surface area contributed by atoms with Crippen LogP contribution in [0.25, 0.3) is 5.76 Å². The molecule has 31 heavy (non-hydrogen) atoms. The highest BCUT2D eigenvalue weighted by Crippen LogP contribution is 2.40. The molecule has 2 heterocycles. The van der Waals surface area contributed by atoms with Gasteiger partial charge in [-0.2, -0.15) is 0 Å². The summed E-state index contributed by atoms with van der Waals surface area (Å²) < 4.78 is 6.10. The van der Waals surface area contributed by atoms with Gasteiger partial charge in [-0.1, -0.05) is 46.3 Å². The zero-order valence-corrected chi connectivity index (χ0v) is 18.2. The molecule has 1 aromatic heterocycles. The fourth-order valence-electron chi connectivity index (χ4n) is 3.65. The maximum Gasteiger partial charge on any atom is 0.295 e. The smallest absolute Gasteiger partial charge is 0.295 e. The van der Waals surface area contributed by atoms with Crippen LogP contribution >= 0.6 is 15.9 Å². The van der Waals surface area contributed by atoms with Gasteiger partial charge < -0.3 is 14.7 Å². The lowest BCUT2D eigenvalue weighted by Crippen LogP contribution is -2.29. The Hall–Kier alpha value is -3.45. The van der Waals surface area contributed by atoms with Crippen LogP contribution < -0.4 is 4.74 Å². The van der Waals surface area contributed by atoms with Gasteiger partial charge in [-0.3, -0.25) is 14.6 Å². The van der Waals surface area contributed by atoms with Gasteiger partial charge in [0.05, 0.1) is 18.7 Å². The summed E-state index contributed by atoms with van der Waals surface area (Å²) in [5.41, 5.74) is 1.95. The summed E-state index contributed by atoms with van der Waals surface area (Å²) >= 11 is 3.41. The van der Waals surface area contributed by atoms with Crippen LogP contribution in [0, 0.1) is 0 Å². The number of aliphatic hydroxyl groups is 1. The minimum atomic E-state index is -0.737. The minimum Gasteiger partial charge on any atom is -0.507 e. The first-order valence-electron chi connectivity index (χ1n) is 9.57. The number of pyridine rings is 1. The normalized spacial score (nSPS) is 17.7. The van der Waals surface area contributed by atoms with Crippen LogP contribution in [0.15, 0.2) is 83.1 Å². The number of nitrogens with zero attached hydrogens (tertiary/aromatic N) is 2. The summed E-state index contributed by atoms with van der Waals surface area (Å²) in [5.74, 6) is -1.09. The number of halogens is 1. The maximum atomic E-state index is 13.1. The number of methoxy groups -OCH3 is 1. The van der Waals surface area contributed by atoms with Crippen molar-refractivity contribution in [3.8, 4) is 5.75 Å². The first kappa shape index (κ1) is 20.8. The Balaban J connectivity index is 1.86. The summed E-state index contributed by atoms with van der Waals surface area (Å²) in [6.07, 6.45) is 3.30. The number of aromatic nitrogens is 1. The Morgan fingerprint density at radius 1 is 1.13 bits per heavy atom.